The van der Waals surface area contributed by atoms with Crippen molar-refractivity contribution in [2.24, 2.45) is 11.7 Å². The molecule has 92 valence electrons. The number of hydrogen-bond donors (Lipinski definition) is 2. The summed E-state index contributed by atoms with van der Waals surface area (Å²) in [5, 5.41) is 2.68. The summed E-state index contributed by atoms with van der Waals surface area (Å²) < 4.78 is 1.91. The Labute approximate surface area is 102 Å². The van der Waals surface area contributed by atoms with Crippen molar-refractivity contribution < 1.29 is 4.79 Å². The topological polar surface area (TPSA) is 72.9 Å². The Morgan fingerprint density at radius 2 is 2.19 bits per heavy atom. The molecule has 0 radical (unpaired) electrons. The third kappa shape index (κ3) is 4.20. The lowest BCUT2D eigenvalue weighted by atomic mass is 10.2. The largest absolute Gasteiger partial charge is 0.320 e. The van der Waals surface area contributed by atoms with Crippen molar-refractivity contribution >= 4 is 24.3 Å². The molecule has 1 heterocycles. The molecular weight excluding hydrogens is 228 g/mol. The zero-order valence-corrected chi connectivity index (χ0v) is 10.6. The first kappa shape index (κ1) is 14.9. The first-order valence-electron chi connectivity index (χ1n) is 5.08. The number of nitrogens with zero attached hydrogens (tertiary/aromatic N) is 2. The first-order chi connectivity index (χ1) is 7.00. The summed E-state index contributed by atoms with van der Waals surface area (Å²) >= 11 is 0. The van der Waals surface area contributed by atoms with E-state index in [0.717, 1.165) is 6.54 Å². The minimum Gasteiger partial charge on any atom is -0.320 e. The molecule has 16 heavy (non-hydrogen) atoms. The Morgan fingerprint density at radius 1 is 1.56 bits per heavy atom. The van der Waals surface area contributed by atoms with Crippen molar-refractivity contribution in [1.29, 1.82) is 0 Å². The van der Waals surface area contributed by atoms with Crippen molar-refractivity contribution in [3.05, 3.63) is 12.4 Å². The van der Waals surface area contributed by atoms with Gasteiger partial charge in [-0.15, -0.1) is 12.4 Å². The van der Waals surface area contributed by atoms with E-state index in [4.69, 9.17) is 5.73 Å². The molecule has 0 aliphatic heterocycles. The van der Waals surface area contributed by atoms with Crippen LogP contribution in [0, 0.1) is 5.92 Å². The van der Waals surface area contributed by atoms with Gasteiger partial charge in [0, 0.05) is 18.9 Å². The molecule has 6 heteroatoms. The summed E-state index contributed by atoms with van der Waals surface area (Å²) in [4.78, 5) is 15.4. The summed E-state index contributed by atoms with van der Waals surface area (Å²) in [6, 6.07) is -0.519. The number of nitrogens with two attached hydrogens (primary N) is 1. The van der Waals surface area contributed by atoms with E-state index in [0.29, 0.717) is 11.9 Å². The molecule has 1 aromatic heterocycles. The summed E-state index contributed by atoms with van der Waals surface area (Å²) in [7, 11) is 0. The summed E-state index contributed by atoms with van der Waals surface area (Å²) in [5.74, 6) is 0.849. The highest BCUT2D eigenvalue weighted by molar-refractivity contribution is 5.92. The van der Waals surface area contributed by atoms with Crippen molar-refractivity contribution in [3.63, 3.8) is 0 Å². The number of anilines is 1. The van der Waals surface area contributed by atoms with E-state index in [2.05, 4.69) is 24.1 Å². The molecule has 3 N–H and O–H groups in total. The van der Waals surface area contributed by atoms with Gasteiger partial charge < -0.3 is 10.3 Å². The van der Waals surface area contributed by atoms with Gasteiger partial charge in [-0.1, -0.05) is 13.8 Å². The predicted octanol–water partition coefficient (Wildman–Crippen LogP) is 1.25. The molecule has 1 atom stereocenters. The molecule has 0 saturated heterocycles. The number of aromatic nitrogens is 2. The number of carbonyl (C=O) groups is 1. The van der Waals surface area contributed by atoms with Gasteiger partial charge in [0.05, 0.1) is 6.04 Å². The number of halogens is 1. The SMILES string of the molecule is CC(C)Cn1ccnc1NC(=O)C(C)N.Cl. The van der Waals surface area contributed by atoms with E-state index in [1.165, 1.54) is 0 Å². The summed E-state index contributed by atoms with van der Waals surface area (Å²) in [5.41, 5.74) is 5.45. The number of amides is 1. The van der Waals surface area contributed by atoms with Crippen LogP contribution in [0.25, 0.3) is 0 Å². The van der Waals surface area contributed by atoms with Crippen LogP contribution < -0.4 is 11.1 Å². The van der Waals surface area contributed by atoms with Gasteiger partial charge in [0.25, 0.3) is 0 Å². The van der Waals surface area contributed by atoms with Crippen LogP contribution in [0.1, 0.15) is 20.8 Å². The average molecular weight is 247 g/mol. The number of rotatable bonds is 4. The van der Waals surface area contributed by atoms with E-state index < -0.39 is 6.04 Å². The van der Waals surface area contributed by atoms with Crippen LogP contribution in [0.5, 0.6) is 0 Å². The molecule has 0 aromatic carbocycles. The van der Waals surface area contributed by atoms with Crippen molar-refractivity contribution in [3.8, 4) is 0 Å². The van der Waals surface area contributed by atoms with Gasteiger partial charge in [0.2, 0.25) is 11.9 Å². The Balaban J connectivity index is 0.00000225. The molecular formula is C10H19ClN4O. The van der Waals surface area contributed by atoms with Gasteiger partial charge in [-0.05, 0) is 12.8 Å². The number of nitrogens with one attached hydrogen (secondary N) is 1. The fourth-order valence-corrected chi connectivity index (χ4v) is 1.20. The molecule has 0 fully saturated rings. The van der Waals surface area contributed by atoms with Gasteiger partial charge in [0.1, 0.15) is 0 Å². The van der Waals surface area contributed by atoms with E-state index >= 15 is 0 Å². The van der Waals surface area contributed by atoms with E-state index in [1.54, 1.807) is 13.1 Å². The molecule has 0 spiro atoms. The number of hydrogen-bond acceptors (Lipinski definition) is 3. The van der Waals surface area contributed by atoms with Crippen molar-refractivity contribution in [1.82, 2.24) is 9.55 Å². The number of imidazole rings is 1. The maximum Gasteiger partial charge on any atom is 0.243 e. The minimum atomic E-state index is -0.519. The molecule has 1 rings (SSSR count). The van der Waals surface area contributed by atoms with Crippen LogP contribution in [-0.4, -0.2) is 21.5 Å². The molecule has 5 nitrogen and oxygen atoms in total. The van der Waals surface area contributed by atoms with Crippen LogP contribution >= 0.6 is 12.4 Å². The lowest BCUT2D eigenvalue weighted by Gasteiger charge is -2.11. The van der Waals surface area contributed by atoms with Crippen LogP contribution in [-0.2, 0) is 11.3 Å². The molecule has 0 aliphatic carbocycles. The lowest BCUT2D eigenvalue weighted by Crippen LogP contribution is -2.33. The molecule has 1 aromatic rings. The highest BCUT2D eigenvalue weighted by Gasteiger charge is 2.11. The Hall–Kier alpha value is -1.07. The second kappa shape index (κ2) is 6.50. The van der Waals surface area contributed by atoms with Crippen LogP contribution in [0.15, 0.2) is 12.4 Å². The molecule has 1 amide bonds. The quantitative estimate of drug-likeness (QED) is 0.840. The molecule has 0 aliphatic rings. The third-order valence-electron chi connectivity index (χ3n) is 1.93. The molecule has 0 bridgehead atoms. The highest BCUT2D eigenvalue weighted by atomic mass is 35.5. The van der Waals surface area contributed by atoms with Gasteiger partial charge in [-0.25, -0.2) is 4.98 Å². The second-order valence-corrected chi connectivity index (χ2v) is 4.07. The summed E-state index contributed by atoms with van der Waals surface area (Å²) in [6.45, 7) is 6.69. The third-order valence-corrected chi connectivity index (χ3v) is 1.93. The van der Waals surface area contributed by atoms with E-state index in [1.807, 2.05) is 10.8 Å². The second-order valence-electron chi connectivity index (χ2n) is 4.07. The Kier molecular flexibility index (Phi) is 6.06. The molecule has 0 saturated carbocycles. The van der Waals surface area contributed by atoms with Crippen LogP contribution in [0.4, 0.5) is 5.95 Å². The van der Waals surface area contributed by atoms with Crippen molar-refractivity contribution in [2.45, 2.75) is 33.4 Å². The smallest absolute Gasteiger partial charge is 0.243 e. The molecule has 1 unspecified atom stereocenters. The zero-order chi connectivity index (χ0) is 11.4. The monoisotopic (exact) mass is 246 g/mol. The minimum absolute atomic E-state index is 0. The number of carbonyl (C=O) groups excluding carboxylic acids is 1. The average Bonchev–Trinajstić information content (AvgIpc) is 2.51. The van der Waals surface area contributed by atoms with Gasteiger partial charge in [-0.3, -0.25) is 10.1 Å². The van der Waals surface area contributed by atoms with Gasteiger partial charge in [0.15, 0.2) is 0 Å². The highest BCUT2D eigenvalue weighted by Crippen LogP contribution is 2.08. The fourth-order valence-electron chi connectivity index (χ4n) is 1.20. The normalized spacial score (nSPS) is 12.1. The van der Waals surface area contributed by atoms with Gasteiger partial charge >= 0.3 is 0 Å². The van der Waals surface area contributed by atoms with Crippen LogP contribution in [0.3, 0.4) is 0 Å². The Morgan fingerprint density at radius 3 is 2.69 bits per heavy atom. The van der Waals surface area contributed by atoms with Gasteiger partial charge in [-0.2, -0.15) is 0 Å². The van der Waals surface area contributed by atoms with E-state index in [9.17, 15) is 4.79 Å². The zero-order valence-electron chi connectivity index (χ0n) is 9.80. The summed E-state index contributed by atoms with van der Waals surface area (Å²) in [6.07, 6.45) is 3.51. The maximum absolute atomic E-state index is 11.4. The maximum atomic E-state index is 11.4. The van der Waals surface area contributed by atoms with Crippen molar-refractivity contribution in [2.75, 3.05) is 5.32 Å². The standard InChI is InChI=1S/C10H18N4O.ClH/c1-7(2)6-14-5-4-12-10(14)13-9(15)8(3)11;/h4-5,7-8H,6,11H2,1-3H3,(H,12,13,15);1H. The van der Waals surface area contributed by atoms with Crippen LogP contribution in [0.2, 0.25) is 0 Å². The lowest BCUT2D eigenvalue weighted by molar-refractivity contribution is -0.117. The fraction of sp³-hybridized carbons (Fsp3) is 0.600. The first-order valence-corrected chi connectivity index (χ1v) is 5.08. The Bertz CT molecular complexity index is 335. The van der Waals surface area contributed by atoms with E-state index in [-0.39, 0.29) is 18.3 Å². The predicted molar refractivity (Wildman–Crippen MR) is 66.6 cm³/mol.